The quantitative estimate of drug-likeness (QED) is 0.795. The molecule has 0 atom stereocenters. The zero-order chi connectivity index (χ0) is 19.2. The van der Waals surface area contributed by atoms with E-state index in [1.54, 1.807) is 24.3 Å². The Morgan fingerprint density at radius 3 is 2.37 bits per heavy atom. The summed E-state index contributed by atoms with van der Waals surface area (Å²) >= 11 is 1.42. The molecule has 2 aromatic rings. The first-order chi connectivity index (χ1) is 13.0. The van der Waals surface area contributed by atoms with Crippen LogP contribution in [0.2, 0.25) is 0 Å². The van der Waals surface area contributed by atoms with Crippen molar-refractivity contribution in [2.45, 2.75) is 20.3 Å². The summed E-state index contributed by atoms with van der Waals surface area (Å²) in [6.45, 7) is 7.10. The molecule has 1 aromatic carbocycles. The van der Waals surface area contributed by atoms with Gasteiger partial charge in [-0.2, -0.15) is 0 Å². The van der Waals surface area contributed by atoms with Gasteiger partial charge in [0.1, 0.15) is 4.88 Å². The number of benzene rings is 1. The Kier molecular flexibility index (Phi) is 6.54. The molecular weight excluding hydrogens is 364 g/mol. The highest BCUT2D eigenvalue weighted by Gasteiger charge is 2.16. The molecule has 144 valence electrons. The molecule has 1 aliphatic heterocycles. The van der Waals surface area contributed by atoms with Gasteiger partial charge in [0, 0.05) is 24.5 Å². The number of aryl methyl sites for hydroxylation is 2. The minimum Gasteiger partial charge on any atom is -0.379 e. The van der Waals surface area contributed by atoms with Crippen molar-refractivity contribution in [3.05, 3.63) is 39.8 Å². The lowest BCUT2D eigenvalue weighted by atomic mass is 10.2. The lowest BCUT2D eigenvalue weighted by Crippen LogP contribution is -2.41. The molecule has 0 bridgehead atoms. The SMILES string of the molecule is CCc1nc(C)c(C(=O)Nc2ccc(NC(=O)CN3CCOCC3)cc2)s1. The number of anilines is 2. The average Bonchev–Trinajstić information content (AvgIpc) is 3.05. The summed E-state index contributed by atoms with van der Waals surface area (Å²) < 4.78 is 5.28. The minimum atomic E-state index is -0.159. The first kappa shape index (κ1) is 19.5. The molecule has 0 saturated carbocycles. The van der Waals surface area contributed by atoms with Gasteiger partial charge < -0.3 is 15.4 Å². The van der Waals surface area contributed by atoms with Crippen LogP contribution in [-0.4, -0.2) is 54.5 Å². The van der Waals surface area contributed by atoms with E-state index in [1.807, 2.05) is 13.8 Å². The summed E-state index contributed by atoms with van der Waals surface area (Å²) in [6.07, 6.45) is 0.817. The van der Waals surface area contributed by atoms with Gasteiger partial charge in [0.15, 0.2) is 0 Å². The van der Waals surface area contributed by atoms with Crippen LogP contribution in [0.1, 0.15) is 27.3 Å². The number of aromatic nitrogens is 1. The van der Waals surface area contributed by atoms with Crippen LogP contribution in [0.25, 0.3) is 0 Å². The van der Waals surface area contributed by atoms with Crippen molar-refractivity contribution in [1.29, 1.82) is 0 Å². The van der Waals surface area contributed by atoms with E-state index >= 15 is 0 Å². The maximum Gasteiger partial charge on any atom is 0.267 e. The summed E-state index contributed by atoms with van der Waals surface area (Å²) in [5, 5.41) is 6.71. The van der Waals surface area contributed by atoms with E-state index in [0.29, 0.717) is 36.0 Å². The van der Waals surface area contributed by atoms with Gasteiger partial charge in [-0.1, -0.05) is 6.92 Å². The number of ether oxygens (including phenoxy) is 1. The smallest absolute Gasteiger partial charge is 0.267 e. The molecule has 2 N–H and O–H groups in total. The number of hydrogen-bond donors (Lipinski definition) is 2. The summed E-state index contributed by atoms with van der Waals surface area (Å²) in [5.74, 6) is -0.213. The Hall–Kier alpha value is -2.29. The van der Waals surface area contributed by atoms with Crippen LogP contribution < -0.4 is 10.6 Å². The Balaban J connectivity index is 1.54. The molecule has 0 aliphatic carbocycles. The second kappa shape index (κ2) is 9.07. The molecule has 1 fully saturated rings. The van der Waals surface area contributed by atoms with Crippen LogP contribution in [0.5, 0.6) is 0 Å². The average molecular weight is 388 g/mol. The normalized spacial score (nSPS) is 14.7. The van der Waals surface area contributed by atoms with E-state index in [1.165, 1.54) is 11.3 Å². The maximum atomic E-state index is 12.4. The van der Waals surface area contributed by atoms with Crippen LogP contribution >= 0.6 is 11.3 Å². The van der Waals surface area contributed by atoms with E-state index in [9.17, 15) is 9.59 Å². The second-order valence-electron chi connectivity index (χ2n) is 6.34. The topological polar surface area (TPSA) is 83.6 Å². The number of carbonyl (C=O) groups is 2. The van der Waals surface area contributed by atoms with Gasteiger partial charge in [0.25, 0.3) is 5.91 Å². The predicted molar refractivity (Wildman–Crippen MR) is 107 cm³/mol. The van der Waals surface area contributed by atoms with Gasteiger partial charge in [-0.15, -0.1) is 11.3 Å². The van der Waals surface area contributed by atoms with Crippen LogP contribution in [0.15, 0.2) is 24.3 Å². The summed E-state index contributed by atoms with van der Waals surface area (Å²) in [4.78, 5) is 31.6. The van der Waals surface area contributed by atoms with Gasteiger partial charge >= 0.3 is 0 Å². The number of amides is 2. The molecule has 8 heteroatoms. The number of thiazole rings is 1. The summed E-state index contributed by atoms with van der Waals surface area (Å²) in [6, 6.07) is 7.12. The third-order valence-corrected chi connectivity index (χ3v) is 5.55. The van der Waals surface area contributed by atoms with Crippen molar-refractivity contribution >= 4 is 34.5 Å². The number of nitrogens with zero attached hydrogens (tertiary/aromatic N) is 2. The number of rotatable bonds is 6. The molecule has 2 heterocycles. The molecule has 1 aromatic heterocycles. The van der Waals surface area contributed by atoms with E-state index in [-0.39, 0.29) is 11.8 Å². The van der Waals surface area contributed by atoms with Crippen molar-refractivity contribution in [1.82, 2.24) is 9.88 Å². The van der Waals surface area contributed by atoms with Crippen LogP contribution in [0, 0.1) is 6.92 Å². The Morgan fingerprint density at radius 2 is 1.78 bits per heavy atom. The van der Waals surface area contributed by atoms with Gasteiger partial charge in [0.2, 0.25) is 5.91 Å². The van der Waals surface area contributed by atoms with Crippen LogP contribution in [0.3, 0.4) is 0 Å². The van der Waals surface area contributed by atoms with E-state index < -0.39 is 0 Å². The fourth-order valence-electron chi connectivity index (χ4n) is 2.80. The Labute approximate surface area is 162 Å². The zero-order valence-corrected chi connectivity index (χ0v) is 16.4. The molecule has 0 unspecified atom stereocenters. The monoisotopic (exact) mass is 388 g/mol. The first-order valence-electron chi connectivity index (χ1n) is 9.03. The van der Waals surface area contributed by atoms with Crippen LogP contribution in [0.4, 0.5) is 11.4 Å². The number of morpholine rings is 1. The molecule has 0 spiro atoms. The number of hydrogen-bond acceptors (Lipinski definition) is 6. The molecule has 1 saturated heterocycles. The van der Waals surface area contributed by atoms with E-state index in [4.69, 9.17) is 4.74 Å². The van der Waals surface area contributed by atoms with Crippen molar-refractivity contribution < 1.29 is 14.3 Å². The highest BCUT2D eigenvalue weighted by molar-refractivity contribution is 7.13. The van der Waals surface area contributed by atoms with Gasteiger partial charge in [-0.3, -0.25) is 14.5 Å². The minimum absolute atomic E-state index is 0.0546. The molecule has 1 aliphatic rings. The van der Waals surface area contributed by atoms with Gasteiger partial charge in [0.05, 0.1) is 30.5 Å². The van der Waals surface area contributed by atoms with Crippen molar-refractivity contribution in [2.24, 2.45) is 0 Å². The van der Waals surface area contributed by atoms with Gasteiger partial charge in [-0.25, -0.2) is 4.98 Å². The number of nitrogens with one attached hydrogen (secondary N) is 2. The summed E-state index contributed by atoms with van der Waals surface area (Å²) in [5.41, 5.74) is 2.13. The third kappa shape index (κ3) is 5.35. The predicted octanol–water partition coefficient (Wildman–Crippen LogP) is 2.54. The maximum absolute atomic E-state index is 12.4. The molecule has 3 rings (SSSR count). The first-order valence-corrected chi connectivity index (χ1v) is 9.84. The molecule has 27 heavy (non-hydrogen) atoms. The van der Waals surface area contributed by atoms with E-state index in [2.05, 4.69) is 20.5 Å². The molecule has 7 nitrogen and oxygen atoms in total. The fourth-order valence-corrected chi connectivity index (χ4v) is 3.70. The highest BCUT2D eigenvalue weighted by atomic mass is 32.1. The van der Waals surface area contributed by atoms with Crippen molar-refractivity contribution in [2.75, 3.05) is 43.5 Å². The Morgan fingerprint density at radius 1 is 1.15 bits per heavy atom. The lowest BCUT2D eigenvalue weighted by Gasteiger charge is -2.25. The Bertz CT molecular complexity index is 798. The largest absolute Gasteiger partial charge is 0.379 e. The zero-order valence-electron chi connectivity index (χ0n) is 15.6. The molecule has 2 amide bonds. The molecule has 0 radical (unpaired) electrons. The van der Waals surface area contributed by atoms with E-state index in [0.717, 1.165) is 30.2 Å². The van der Waals surface area contributed by atoms with Crippen molar-refractivity contribution in [3.8, 4) is 0 Å². The third-order valence-electron chi connectivity index (χ3n) is 4.25. The standard InChI is InChI=1S/C19H24N4O3S/c1-3-17-20-13(2)18(27-17)19(25)22-15-6-4-14(5-7-15)21-16(24)12-23-8-10-26-11-9-23/h4-7H,3,8-12H2,1-2H3,(H,21,24)(H,22,25). The van der Waals surface area contributed by atoms with Crippen LogP contribution in [-0.2, 0) is 16.0 Å². The highest BCUT2D eigenvalue weighted by Crippen LogP contribution is 2.21. The number of carbonyl (C=O) groups excluding carboxylic acids is 2. The van der Waals surface area contributed by atoms with Gasteiger partial charge in [-0.05, 0) is 37.6 Å². The molecular formula is C19H24N4O3S. The second-order valence-corrected chi connectivity index (χ2v) is 7.43. The lowest BCUT2D eigenvalue weighted by molar-refractivity contribution is -0.118. The van der Waals surface area contributed by atoms with Crippen molar-refractivity contribution in [3.63, 3.8) is 0 Å². The fraction of sp³-hybridized carbons (Fsp3) is 0.421. The summed E-state index contributed by atoms with van der Waals surface area (Å²) in [7, 11) is 0.